The molecule has 1 aliphatic carbocycles. The minimum absolute atomic E-state index is 0.0940. The molecule has 1 aliphatic rings. The normalized spacial score (nSPS) is 15.3. The predicted molar refractivity (Wildman–Crippen MR) is 70.1 cm³/mol. The summed E-state index contributed by atoms with van der Waals surface area (Å²) in [6, 6.07) is 4.82. The number of hydrogen-bond acceptors (Lipinski definition) is 2. The van der Waals surface area contributed by atoms with Crippen molar-refractivity contribution >= 4 is 26.8 Å². The van der Waals surface area contributed by atoms with E-state index in [-0.39, 0.29) is 18.2 Å². The molecule has 0 radical (unpaired) electrons. The predicted octanol–water partition coefficient (Wildman–Crippen LogP) is 2.73. The number of rotatable bonds is 2. The molecule has 0 amide bonds. The Kier molecular flexibility index (Phi) is 2.75. The monoisotopic (exact) mass is 311 g/mol. The van der Waals surface area contributed by atoms with Gasteiger partial charge in [0.25, 0.3) is 5.56 Å². The Hall–Kier alpha value is -1.20. The number of aliphatic hydroxyl groups excluding tert-OH is 1. The molecule has 0 unspecified atom stereocenters. The van der Waals surface area contributed by atoms with Gasteiger partial charge >= 0.3 is 0 Å². The highest BCUT2D eigenvalue weighted by molar-refractivity contribution is 9.10. The van der Waals surface area contributed by atoms with Gasteiger partial charge in [-0.3, -0.25) is 4.79 Å². The second kappa shape index (κ2) is 4.17. The standard InChI is InChI=1S/C13H11BrFNO2/c14-10-4-3-9-7(6-17)5-11(18)16(8-1-2-8)13(9)12(10)15/h3-5,8,17H,1-2,6H2. The summed E-state index contributed by atoms with van der Waals surface area (Å²) in [7, 11) is 0. The molecule has 2 aromatic rings. The third-order valence-corrected chi connectivity index (χ3v) is 3.89. The molecule has 0 spiro atoms. The maximum absolute atomic E-state index is 14.3. The van der Waals surface area contributed by atoms with Crippen molar-refractivity contribution in [2.75, 3.05) is 0 Å². The molecule has 1 heterocycles. The Labute approximate surface area is 111 Å². The van der Waals surface area contributed by atoms with Gasteiger partial charge in [-0.05, 0) is 40.4 Å². The number of aliphatic hydroxyl groups is 1. The number of benzene rings is 1. The van der Waals surface area contributed by atoms with Crippen LogP contribution in [0.5, 0.6) is 0 Å². The van der Waals surface area contributed by atoms with E-state index in [1.165, 1.54) is 10.6 Å². The van der Waals surface area contributed by atoms with Gasteiger partial charge in [-0.25, -0.2) is 4.39 Å². The first-order valence-corrected chi connectivity index (χ1v) is 6.55. The summed E-state index contributed by atoms with van der Waals surface area (Å²) in [5.41, 5.74) is 0.521. The zero-order chi connectivity index (χ0) is 12.9. The van der Waals surface area contributed by atoms with E-state index in [0.717, 1.165) is 12.8 Å². The molecule has 0 bridgehead atoms. The SMILES string of the molecule is O=c1cc(CO)c2ccc(Br)c(F)c2n1C1CC1. The Balaban J connectivity index is 2.49. The van der Waals surface area contributed by atoms with E-state index in [1.54, 1.807) is 12.1 Å². The van der Waals surface area contributed by atoms with Gasteiger partial charge in [0.15, 0.2) is 5.82 Å². The number of hydrogen-bond donors (Lipinski definition) is 1. The van der Waals surface area contributed by atoms with Gasteiger partial charge in [0.2, 0.25) is 0 Å². The summed E-state index contributed by atoms with van der Waals surface area (Å²) in [4.78, 5) is 12.0. The molecule has 1 saturated carbocycles. The van der Waals surface area contributed by atoms with Gasteiger partial charge in [-0.1, -0.05) is 6.07 Å². The molecule has 1 N–H and O–H groups in total. The van der Waals surface area contributed by atoms with Gasteiger partial charge in [0, 0.05) is 17.5 Å². The molecule has 0 atom stereocenters. The van der Waals surface area contributed by atoms with Crippen LogP contribution in [-0.2, 0) is 6.61 Å². The highest BCUT2D eigenvalue weighted by Gasteiger charge is 2.28. The molecule has 0 saturated heterocycles. The maximum Gasteiger partial charge on any atom is 0.251 e. The molecule has 1 fully saturated rings. The molecule has 18 heavy (non-hydrogen) atoms. The quantitative estimate of drug-likeness (QED) is 0.926. The average molecular weight is 312 g/mol. The van der Waals surface area contributed by atoms with Crippen molar-refractivity contribution in [3.8, 4) is 0 Å². The van der Waals surface area contributed by atoms with Crippen molar-refractivity contribution < 1.29 is 9.50 Å². The molecular weight excluding hydrogens is 301 g/mol. The van der Waals surface area contributed by atoms with E-state index >= 15 is 0 Å². The minimum Gasteiger partial charge on any atom is -0.392 e. The summed E-state index contributed by atoms with van der Waals surface area (Å²) < 4.78 is 16.1. The van der Waals surface area contributed by atoms with Crippen LogP contribution >= 0.6 is 15.9 Å². The lowest BCUT2D eigenvalue weighted by Crippen LogP contribution is -2.20. The van der Waals surface area contributed by atoms with E-state index in [0.29, 0.717) is 20.9 Å². The highest BCUT2D eigenvalue weighted by Crippen LogP contribution is 2.37. The van der Waals surface area contributed by atoms with Crippen LogP contribution in [0.25, 0.3) is 10.9 Å². The molecular formula is C13H11BrFNO2. The first-order chi connectivity index (χ1) is 8.63. The average Bonchev–Trinajstić information content (AvgIpc) is 3.17. The minimum atomic E-state index is -0.438. The molecule has 5 heteroatoms. The molecule has 1 aromatic carbocycles. The van der Waals surface area contributed by atoms with Gasteiger partial charge in [0.05, 0.1) is 16.6 Å². The fourth-order valence-electron chi connectivity index (χ4n) is 2.27. The van der Waals surface area contributed by atoms with Crippen LogP contribution in [0.3, 0.4) is 0 Å². The maximum atomic E-state index is 14.3. The number of nitrogens with zero attached hydrogens (tertiary/aromatic N) is 1. The van der Waals surface area contributed by atoms with E-state index in [4.69, 9.17) is 0 Å². The van der Waals surface area contributed by atoms with Crippen molar-refractivity contribution in [3.63, 3.8) is 0 Å². The summed E-state index contributed by atoms with van der Waals surface area (Å²) in [6.07, 6.45) is 1.80. The van der Waals surface area contributed by atoms with Crippen LogP contribution in [0.15, 0.2) is 27.5 Å². The molecule has 3 rings (SSSR count). The second-order valence-electron chi connectivity index (χ2n) is 4.52. The van der Waals surface area contributed by atoms with Crippen LogP contribution in [0.1, 0.15) is 24.4 Å². The second-order valence-corrected chi connectivity index (χ2v) is 5.38. The van der Waals surface area contributed by atoms with Gasteiger partial charge in [-0.15, -0.1) is 0 Å². The number of halogens is 2. The molecule has 94 valence electrons. The van der Waals surface area contributed by atoms with E-state index in [2.05, 4.69) is 15.9 Å². The largest absolute Gasteiger partial charge is 0.392 e. The van der Waals surface area contributed by atoms with Crippen LogP contribution in [0.4, 0.5) is 4.39 Å². The summed E-state index contributed by atoms with van der Waals surface area (Å²) in [6.45, 7) is -0.266. The van der Waals surface area contributed by atoms with Crippen LogP contribution in [0, 0.1) is 5.82 Å². The lowest BCUT2D eigenvalue weighted by molar-refractivity contribution is 0.283. The Morgan fingerprint density at radius 2 is 2.17 bits per heavy atom. The van der Waals surface area contributed by atoms with Crippen molar-refractivity contribution in [3.05, 3.63) is 44.4 Å². The van der Waals surface area contributed by atoms with Crippen LogP contribution < -0.4 is 5.56 Å². The number of pyridine rings is 1. The van der Waals surface area contributed by atoms with Gasteiger partial charge in [0.1, 0.15) is 0 Å². The van der Waals surface area contributed by atoms with Crippen molar-refractivity contribution in [2.45, 2.75) is 25.5 Å². The fraction of sp³-hybridized carbons (Fsp3) is 0.308. The van der Waals surface area contributed by atoms with Crippen LogP contribution in [0.2, 0.25) is 0 Å². The van der Waals surface area contributed by atoms with E-state index in [1.807, 2.05) is 0 Å². The fourth-order valence-corrected chi connectivity index (χ4v) is 2.59. The molecule has 3 nitrogen and oxygen atoms in total. The lowest BCUT2D eigenvalue weighted by Gasteiger charge is -2.13. The third-order valence-electron chi connectivity index (χ3n) is 3.27. The molecule has 1 aromatic heterocycles. The first-order valence-electron chi connectivity index (χ1n) is 5.76. The zero-order valence-corrected chi connectivity index (χ0v) is 11.1. The topological polar surface area (TPSA) is 42.2 Å². The van der Waals surface area contributed by atoms with Crippen molar-refractivity contribution in [2.24, 2.45) is 0 Å². The smallest absolute Gasteiger partial charge is 0.251 e. The first kappa shape index (κ1) is 11.9. The summed E-state index contributed by atoms with van der Waals surface area (Å²) in [5, 5.41) is 9.88. The lowest BCUT2D eigenvalue weighted by atomic mass is 10.1. The Morgan fingerprint density at radius 3 is 2.78 bits per heavy atom. The van der Waals surface area contributed by atoms with E-state index in [9.17, 15) is 14.3 Å². The number of aromatic nitrogens is 1. The van der Waals surface area contributed by atoms with Crippen molar-refractivity contribution in [1.29, 1.82) is 0 Å². The Bertz CT molecular complexity index is 691. The van der Waals surface area contributed by atoms with Crippen LogP contribution in [-0.4, -0.2) is 9.67 Å². The highest BCUT2D eigenvalue weighted by atomic mass is 79.9. The number of fused-ring (bicyclic) bond motifs is 1. The van der Waals surface area contributed by atoms with Gasteiger partial charge in [-0.2, -0.15) is 0 Å². The van der Waals surface area contributed by atoms with Gasteiger partial charge < -0.3 is 9.67 Å². The molecule has 0 aliphatic heterocycles. The Morgan fingerprint density at radius 1 is 1.44 bits per heavy atom. The van der Waals surface area contributed by atoms with Crippen molar-refractivity contribution in [1.82, 2.24) is 4.57 Å². The summed E-state index contributed by atoms with van der Waals surface area (Å²) in [5.74, 6) is -0.438. The zero-order valence-electron chi connectivity index (χ0n) is 9.49. The summed E-state index contributed by atoms with van der Waals surface area (Å²) >= 11 is 3.14. The van der Waals surface area contributed by atoms with E-state index < -0.39 is 5.82 Å². The third kappa shape index (κ3) is 1.69.